The number of nitrogens with two attached hydrogens (primary N) is 1. The molecule has 0 saturated carbocycles. The lowest BCUT2D eigenvalue weighted by Gasteiger charge is -2.28. The fraction of sp³-hybridized carbons (Fsp3) is 0.750. The van der Waals surface area contributed by atoms with Crippen molar-refractivity contribution < 1.29 is 22.0 Å². The maximum atomic E-state index is 8.95. The Morgan fingerprint density at radius 1 is 1.29 bits per heavy atom. The standard InChI is InChI=1S/C12H26N5O.3ClH/c1-10-11(13)12(16(2)15-10)14-6-5-7-17(3,4)8-9-18;;;/h14,18H,5-9,13H2,1-4H3;3*1H/q+1;;;/p-1. The monoisotopic (exact) mass is 363 g/mol. The van der Waals surface area contributed by atoms with Gasteiger partial charge in [-0.05, 0) is 6.92 Å². The summed E-state index contributed by atoms with van der Waals surface area (Å²) >= 11 is 0. The fourth-order valence-corrected chi connectivity index (χ4v) is 1.98. The minimum Gasteiger partial charge on any atom is -1.00 e. The summed E-state index contributed by atoms with van der Waals surface area (Å²) in [6.07, 6.45) is 1.02. The molecule has 0 unspecified atom stereocenters. The van der Waals surface area contributed by atoms with Crippen molar-refractivity contribution in [2.45, 2.75) is 13.3 Å². The van der Waals surface area contributed by atoms with E-state index in [1.165, 1.54) is 0 Å². The van der Waals surface area contributed by atoms with E-state index >= 15 is 0 Å². The van der Waals surface area contributed by atoms with Gasteiger partial charge in [-0.1, -0.05) is 0 Å². The normalized spacial score (nSPS) is 10.1. The van der Waals surface area contributed by atoms with Crippen LogP contribution in [0.4, 0.5) is 11.5 Å². The Bertz CT molecular complexity index is 398. The van der Waals surface area contributed by atoms with E-state index < -0.39 is 0 Å². The molecular formula is C12H28Cl3N5O. The molecule has 0 spiro atoms. The minimum atomic E-state index is 0. The number of nitrogen functional groups attached to an aromatic ring is 1. The molecule has 0 atom stereocenters. The van der Waals surface area contributed by atoms with Crippen molar-refractivity contribution in [3.8, 4) is 0 Å². The quantitative estimate of drug-likeness (QED) is 0.387. The van der Waals surface area contributed by atoms with E-state index in [0.717, 1.165) is 47.7 Å². The molecular weight excluding hydrogens is 337 g/mol. The van der Waals surface area contributed by atoms with Crippen molar-refractivity contribution >= 4 is 36.3 Å². The molecule has 0 aliphatic carbocycles. The van der Waals surface area contributed by atoms with E-state index in [1.807, 2.05) is 14.0 Å². The molecule has 1 aromatic rings. The van der Waals surface area contributed by atoms with Gasteiger partial charge in [-0.25, -0.2) is 0 Å². The molecule has 0 amide bonds. The van der Waals surface area contributed by atoms with Gasteiger partial charge in [-0.3, -0.25) is 4.68 Å². The van der Waals surface area contributed by atoms with Gasteiger partial charge in [0.15, 0.2) is 0 Å². The summed E-state index contributed by atoms with van der Waals surface area (Å²) in [5.74, 6) is 0.889. The highest BCUT2D eigenvalue weighted by Crippen LogP contribution is 2.20. The van der Waals surface area contributed by atoms with Crippen LogP contribution in [0.3, 0.4) is 0 Å². The summed E-state index contributed by atoms with van der Waals surface area (Å²) in [7, 11) is 6.13. The molecule has 0 saturated heterocycles. The van der Waals surface area contributed by atoms with Crippen LogP contribution in [-0.2, 0) is 7.05 Å². The molecule has 1 rings (SSSR count). The van der Waals surface area contributed by atoms with Crippen LogP contribution < -0.4 is 23.5 Å². The number of anilines is 2. The highest BCUT2D eigenvalue weighted by molar-refractivity contribution is 5.85. The van der Waals surface area contributed by atoms with Crippen molar-refractivity contribution in [1.82, 2.24) is 9.78 Å². The lowest BCUT2D eigenvalue weighted by atomic mass is 10.3. The van der Waals surface area contributed by atoms with Crippen LogP contribution in [0.1, 0.15) is 12.1 Å². The van der Waals surface area contributed by atoms with Crippen molar-refractivity contribution in [3.05, 3.63) is 5.69 Å². The zero-order valence-electron chi connectivity index (χ0n) is 13.1. The predicted octanol–water partition coefficient (Wildman–Crippen LogP) is -1.97. The third-order valence-corrected chi connectivity index (χ3v) is 3.21. The number of rotatable bonds is 7. The van der Waals surface area contributed by atoms with Crippen LogP contribution in [0.2, 0.25) is 0 Å². The molecule has 9 heteroatoms. The number of hydrogen-bond acceptors (Lipinski definition) is 4. The number of aliphatic hydroxyl groups excluding tert-OH is 1. The van der Waals surface area contributed by atoms with Gasteiger partial charge in [0.25, 0.3) is 0 Å². The van der Waals surface area contributed by atoms with E-state index in [4.69, 9.17) is 10.8 Å². The SMILES string of the molecule is Cc1nn(C)c(NCCC[N+](C)(C)CCO)c1N.Cl.Cl.[Cl-]. The lowest BCUT2D eigenvalue weighted by molar-refractivity contribution is -0.890. The van der Waals surface area contributed by atoms with Gasteiger partial charge in [-0.2, -0.15) is 5.10 Å². The second-order valence-corrected chi connectivity index (χ2v) is 5.36. The third kappa shape index (κ3) is 7.97. The van der Waals surface area contributed by atoms with Crippen LogP contribution >= 0.6 is 24.8 Å². The van der Waals surface area contributed by atoms with E-state index in [-0.39, 0.29) is 43.8 Å². The summed E-state index contributed by atoms with van der Waals surface area (Å²) in [4.78, 5) is 0. The highest BCUT2D eigenvalue weighted by atomic mass is 35.5. The number of aromatic nitrogens is 2. The average Bonchev–Trinajstić information content (AvgIpc) is 2.50. The zero-order chi connectivity index (χ0) is 13.8. The summed E-state index contributed by atoms with van der Waals surface area (Å²) in [5, 5.41) is 16.5. The number of nitrogens with zero attached hydrogens (tertiary/aromatic N) is 3. The Kier molecular flexibility index (Phi) is 13.6. The van der Waals surface area contributed by atoms with Crippen molar-refractivity contribution in [3.63, 3.8) is 0 Å². The smallest absolute Gasteiger partial charge is 0.147 e. The number of hydrogen-bond donors (Lipinski definition) is 3. The number of halogens is 3. The van der Waals surface area contributed by atoms with E-state index in [9.17, 15) is 0 Å². The Morgan fingerprint density at radius 3 is 2.29 bits per heavy atom. The molecule has 0 aliphatic heterocycles. The fourth-order valence-electron chi connectivity index (χ4n) is 1.98. The molecule has 0 fully saturated rings. The molecule has 1 aromatic heterocycles. The Labute approximate surface area is 145 Å². The molecule has 1 heterocycles. The second-order valence-electron chi connectivity index (χ2n) is 5.36. The van der Waals surface area contributed by atoms with E-state index in [1.54, 1.807) is 4.68 Å². The number of aliphatic hydroxyl groups is 1. The first-order valence-electron chi connectivity index (χ1n) is 6.33. The van der Waals surface area contributed by atoms with Crippen LogP contribution in [0.15, 0.2) is 0 Å². The van der Waals surface area contributed by atoms with Crippen LogP contribution in [0.5, 0.6) is 0 Å². The first-order chi connectivity index (χ1) is 8.37. The van der Waals surface area contributed by atoms with Crippen molar-refractivity contribution in [1.29, 1.82) is 0 Å². The van der Waals surface area contributed by atoms with Crippen LogP contribution in [-0.4, -0.2) is 59.7 Å². The van der Waals surface area contributed by atoms with Crippen molar-refractivity contribution in [2.24, 2.45) is 7.05 Å². The van der Waals surface area contributed by atoms with Gasteiger partial charge in [0.2, 0.25) is 0 Å². The number of quaternary nitrogens is 1. The van der Waals surface area contributed by atoms with Gasteiger partial charge in [-0.15, -0.1) is 24.8 Å². The molecule has 0 bridgehead atoms. The molecule has 0 aliphatic rings. The average molecular weight is 365 g/mol. The summed E-state index contributed by atoms with van der Waals surface area (Å²) in [6, 6.07) is 0. The number of likely N-dealkylation sites (N-methyl/N-ethyl adjacent to an activating group) is 1. The number of aryl methyl sites for hydroxylation is 2. The lowest BCUT2D eigenvalue weighted by Crippen LogP contribution is -3.00. The highest BCUT2D eigenvalue weighted by Gasteiger charge is 2.14. The Hall–Kier alpha value is -0.400. The predicted molar refractivity (Wildman–Crippen MR) is 88.9 cm³/mol. The van der Waals surface area contributed by atoms with E-state index in [0.29, 0.717) is 0 Å². The molecule has 0 radical (unpaired) electrons. The number of nitrogens with one attached hydrogen (secondary N) is 1. The van der Waals surface area contributed by atoms with Crippen molar-refractivity contribution in [2.75, 3.05) is 51.4 Å². The van der Waals surface area contributed by atoms with E-state index in [2.05, 4.69) is 24.5 Å². The van der Waals surface area contributed by atoms with Gasteiger partial charge in [0, 0.05) is 20.0 Å². The topological polar surface area (TPSA) is 76.1 Å². The summed E-state index contributed by atoms with van der Waals surface area (Å²) in [6.45, 7) is 4.80. The zero-order valence-corrected chi connectivity index (χ0v) is 15.5. The Morgan fingerprint density at radius 2 is 1.86 bits per heavy atom. The minimum absolute atomic E-state index is 0. The van der Waals surface area contributed by atoms with Gasteiger partial charge >= 0.3 is 0 Å². The maximum absolute atomic E-state index is 8.95. The van der Waals surface area contributed by atoms with Crippen LogP contribution in [0, 0.1) is 6.92 Å². The molecule has 6 nitrogen and oxygen atoms in total. The maximum Gasteiger partial charge on any atom is 0.147 e. The summed E-state index contributed by atoms with van der Waals surface area (Å²) < 4.78 is 2.61. The largest absolute Gasteiger partial charge is 1.00 e. The first kappa shape index (κ1) is 25.5. The molecule has 128 valence electrons. The third-order valence-electron chi connectivity index (χ3n) is 3.21. The molecule has 4 N–H and O–H groups in total. The Balaban J connectivity index is -0.00000108. The summed E-state index contributed by atoms with van der Waals surface area (Å²) in [5.41, 5.74) is 7.52. The van der Waals surface area contributed by atoms with Gasteiger partial charge < -0.3 is 33.0 Å². The van der Waals surface area contributed by atoms with Crippen LogP contribution in [0.25, 0.3) is 0 Å². The second kappa shape index (κ2) is 11.2. The molecule has 21 heavy (non-hydrogen) atoms. The van der Waals surface area contributed by atoms with Gasteiger partial charge in [0.1, 0.15) is 12.4 Å². The van der Waals surface area contributed by atoms with Gasteiger partial charge in [0.05, 0.1) is 38.6 Å². The molecule has 0 aromatic carbocycles. The first-order valence-corrected chi connectivity index (χ1v) is 6.33.